The molecule has 1 aliphatic carbocycles. The van der Waals surface area contributed by atoms with Gasteiger partial charge in [0.1, 0.15) is 11.8 Å². The van der Waals surface area contributed by atoms with Gasteiger partial charge in [-0.2, -0.15) is 0 Å². The fraction of sp³-hybridized carbons (Fsp3) is 0.700. The van der Waals surface area contributed by atoms with E-state index in [4.69, 9.17) is 4.74 Å². The molecule has 0 radical (unpaired) electrons. The first-order chi connectivity index (χ1) is 19.2. The number of amides is 3. The molecule has 3 unspecified atom stereocenters. The second-order valence-corrected chi connectivity index (χ2v) is 14.6. The van der Waals surface area contributed by atoms with E-state index in [1.165, 1.54) is 6.42 Å². The molecule has 3 aliphatic heterocycles. The van der Waals surface area contributed by atoms with Crippen molar-refractivity contribution in [1.29, 1.82) is 0 Å². The fourth-order valence-electron chi connectivity index (χ4n) is 7.39. The van der Waals surface area contributed by atoms with Gasteiger partial charge in [-0.25, -0.2) is 0 Å². The number of nitrogens with zero attached hydrogens (tertiary/aromatic N) is 1. The summed E-state index contributed by atoms with van der Waals surface area (Å²) in [7, 11) is 0. The van der Waals surface area contributed by atoms with Gasteiger partial charge in [0.25, 0.3) is 0 Å². The topological polar surface area (TPSA) is 108 Å². The van der Waals surface area contributed by atoms with Crippen molar-refractivity contribution in [2.75, 3.05) is 18.5 Å². The Kier molecular flexibility index (Phi) is 9.07. The van der Waals surface area contributed by atoms with Crippen molar-refractivity contribution in [2.24, 2.45) is 17.8 Å². The number of rotatable bonds is 10. The standard InChI is InChI=1S/C30H42BrN3O5S/c1-4-17(3)22(16-35)34-26(28(37)33-18-9-7-6-8-10-18)30-15-21(31)25(40-30)23(24(30)29(34)38)27(36)32-19-11-13-20(14-12-19)39-5-2/h11-14,17-18,21-26,35H,4-10,15-16H2,1-3H3,(H,32,36)(H,33,37)/t17-,21?,22-,23+,24-,25+,26?,30?/m0/s1. The van der Waals surface area contributed by atoms with Gasteiger partial charge in [-0.1, -0.05) is 55.5 Å². The number of halogens is 1. The molecule has 3 N–H and O–H groups in total. The van der Waals surface area contributed by atoms with E-state index in [1.54, 1.807) is 28.8 Å². The normalized spacial score (nSPS) is 33.0. The summed E-state index contributed by atoms with van der Waals surface area (Å²) in [4.78, 5) is 44.1. The smallest absolute Gasteiger partial charge is 0.244 e. The predicted molar refractivity (Wildman–Crippen MR) is 161 cm³/mol. The molecule has 5 rings (SSSR count). The monoisotopic (exact) mass is 635 g/mol. The third kappa shape index (κ3) is 5.17. The molecule has 3 amide bonds. The van der Waals surface area contributed by atoms with Gasteiger partial charge in [0.2, 0.25) is 17.7 Å². The van der Waals surface area contributed by atoms with Crippen LogP contribution in [0.3, 0.4) is 0 Å². The van der Waals surface area contributed by atoms with E-state index in [9.17, 15) is 19.5 Å². The Labute approximate surface area is 249 Å². The molecule has 1 aromatic rings. The molecule has 10 heteroatoms. The van der Waals surface area contributed by atoms with Crippen LogP contribution in [0.2, 0.25) is 0 Å². The summed E-state index contributed by atoms with van der Waals surface area (Å²) in [5.74, 6) is -0.999. The Bertz CT molecular complexity index is 1100. The third-order valence-corrected chi connectivity index (χ3v) is 12.7. The molecule has 0 aromatic heterocycles. The van der Waals surface area contributed by atoms with E-state index >= 15 is 0 Å². The van der Waals surface area contributed by atoms with Crippen LogP contribution in [-0.4, -0.2) is 73.9 Å². The fourth-order valence-corrected chi connectivity index (χ4v) is 11.0. The van der Waals surface area contributed by atoms with E-state index in [2.05, 4.69) is 26.6 Å². The van der Waals surface area contributed by atoms with Crippen LogP contribution in [0.5, 0.6) is 5.75 Å². The maximum atomic E-state index is 14.4. The van der Waals surface area contributed by atoms with E-state index < -0.39 is 28.7 Å². The van der Waals surface area contributed by atoms with Crippen molar-refractivity contribution < 1.29 is 24.2 Å². The summed E-state index contributed by atoms with van der Waals surface area (Å²) < 4.78 is 4.80. The molecule has 3 saturated heterocycles. The van der Waals surface area contributed by atoms with Gasteiger partial charge in [-0.3, -0.25) is 14.4 Å². The zero-order valence-corrected chi connectivity index (χ0v) is 26.0. The average molecular weight is 637 g/mol. The lowest BCUT2D eigenvalue weighted by Crippen LogP contribution is -2.59. The van der Waals surface area contributed by atoms with E-state index in [-0.39, 0.29) is 46.4 Å². The average Bonchev–Trinajstić information content (AvgIpc) is 3.54. The Morgan fingerprint density at radius 1 is 1.18 bits per heavy atom. The summed E-state index contributed by atoms with van der Waals surface area (Å²) >= 11 is 5.47. The minimum Gasteiger partial charge on any atom is -0.494 e. The SMILES string of the molecule is CCOc1ccc(NC(=O)[C@H]2[C@@H]3SC4(CC3Br)C(C(=O)NC3CCCCC3)N([C@@H](CO)[C@@H](C)CC)C(=O)[C@H]24)cc1. The molecule has 1 saturated carbocycles. The maximum absolute atomic E-state index is 14.4. The first-order valence-corrected chi connectivity index (χ1v) is 16.6. The van der Waals surface area contributed by atoms with Crippen molar-refractivity contribution in [3.8, 4) is 5.75 Å². The molecule has 8 atom stereocenters. The first kappa shape index (κ1) is 29.7. The molecule has 40 heavy (non-hydrogen) atoms. The number of fused-ring (bicyclic) bond motifs is 1. The van der Waals surface area contributed by atoms with Crippen molar-refractivity contribution in [3.63, 3.8) is 0 Å². The summed E-state index contributed by atoms with van der Waals surface area (Å²) in [5, 5.41) is 16.7. The van der Waals surface area contributed by atoms with Crippen LogP contribution in [0.15, 0.2) is 24.3 Å². The molecule has 1 spiro atoms. The van der Waals surface area contributed by atoms with Crippen LogP contribution in [0.1, 0.15) is 65.7 Å². The molecular formula is C30H42BrN3O5S. The van der Waals surface area contributed by atoms with Gasteiger partial charge in [0.05, 0.1) is 35.8 Å². The number of benzene rings is 1. The Hall–Kier alpha value is -1.78. The van der Waals surface area contributed by atoms with Gasteiger partial charge in [-0.05, 0) is 56.4 Å². The number of carbonyl (C=O) groups excluding carboxylic acids is 3. The molecule has 4 fully saturated rings. The number of nitrogens with one attached hydrogen (secondary N) is 2. The number of ether oxygens (including phenoxy) is 1. The summed E-state index contributed by atoms with van der Waals surface area (Å²) in [5.41, 5.74) is 0.642. The van der Waals surface area contributed by atoms with E-state index in [0.29, 0.717) is 18.7 Å². The molecular weight excluding hydrogens is 594 g/mol. The highest BCUT2D eigenvalue weighted by molar-refractivity contribution is 9.09. The summed E-state index contributed by atoms with van der Waals surface area (Å²) in [6, 6.07) is 6.13. The highest BCUT2D eigenvalue weighted by Crippen LogP contribution is 2.68. The minimum absolute atomic E-state index is 0.00117. The van der Waals surface area contributed by atoms with E-state index in [1.807, 2.05) is 32.9 Å². The van der Waals surface area contributed by atoms with Gasteiger partial charge in [-0.15, -0.1) is 11.8 Å². The summed E-state index contributed by atoms with van der Waals surface area (Å²) in [6.07, 6.45) is 6.65. The highest BCUT2D eigenvalue weighted by Gasteiger charge is 2.76. The van der Waals surface area contributed by atoms with Crippen molar-refractivity contribution in [2.45, 2.75) is 98.7 Å². The van der Waals surface area contributed by atoms with Crippen LogP contribution in [0.4, 0.5) is 5.69 Å². The van der Waals surface area contributed by atoms with Crippen molar-refractivity contribution >= 4 is 51.1 Å². The third-order valence-electron chi connectivity index (χ3n) is 9.51. The van der Waals surface area contributed by atoms with Gasteiger partial charge in [0, 0.05) is 21.8 Å². The highest BCUT2D eigenvalue weighted by atomic mass is 79.9. The Morgan fingerprint density at radius 2 is 1.88 bits per heavy atom. The number of aliphatic hydroxyl groups is 1. The summed E-state index contributed by atoms with van der Waals surface area (Å²) in [6.45, 7) is 6.31. The zero-order valence-electron chi connectivity index (χ0n) is 23.6. The molecule has 4 aliphatic rings. The molecule has 3 heterocycles. The number of alkyl halides is 1. The maximum Gasteiger partial charge on any atom is 0.244 e. The van der Waals surface area contributed by atoms with E-state index in [0.717, 1.165) is 37.9 Å². The number of carbonyl (C=O) groups is 3. The van der Waals surface area contributed by atoms with Crippen LogP contribution in [0, 0.1) is 17.8 Å². The lowest BCUT2D eigenvalue weighted by atomic mass is 9.70. The van der Waals surface area contributed by atoms with Crippen molar-refractivity contribution in [1.82, 2.24) is 10.2 Å². The second kappa shape index (κ2) is 12.2. The molecule has 220 valence electrons. The predicted octanol–water partition coefficient (Wildman–Crippen LogP) is 4.34. The Balaban J connectivity index is 1.47. The lowest BCUT2D eigenvalue weighted by Gasteiger charge is -2.40. The first-order valence-electron chi connectivity index (χ1n) is 14.8. The van der Waals surface area contributed by atoms with Crippen LogP contribution >= 0.6 is 27.7 Å². The zero-order chi connectivity index (χ0) is 28.6. The van der Waals surface area contributed by atoms with Gasteiger partial charge in [0.15, 0.2) is 0 Å². The Morgan fingerprint density at radius 3 is 2.50 bits per heavy atom. The number of thioether (sulfide) groups is 1. The number of likely N-dealkylation sites (tertiary alicyclic amines) is 1. The lowest BCUT2D eigenvalue weighted by molar-refractivity contribution is -0.143. The van der Waals surface area contributed by atoms with Gasteiger partial charge < -0.3 is 25.4 Å². The van der Waals surface area contributed by atoms with Crippen LogP contribution < -0.4 is 15.4 Å². The molecule has 2 bridgehead atoms. The number of aliphatic hydroxyl groups excluding tert-OH is 1. The van der Waals surface area contributed by atoms with Crippen LogP contribution in [0.25, 0.3) is 0 Å². The van der Waals surface area contributed by atoms with Crippen LogP contribution in [-0.2, 0) is 14.4 Å². The second-order valence-electron chi connectivity index (χ2n) is 11.8. The number of anilines is 1. The molecule has 8 nitrogen and oxygen atoms in total. The number of hydrogen-bond acceptors (Lipinski definition) is 6. The molecule has 1 aromatic carbocycles. The van der Waals surface area contributed by atoms with Crippen molar-refractivity contribution in [3.05, 3.63) is 24.3 Å². The largest absolute Gasteiger partial charge is 0.494 e. The quantitative estimate of drug-likeness (QED) is 0.330. The minimum atomic E-state index is -0.726. The van der Waals surface area contributed by atoms with Gasteiger partial charge >= 0.3 is 0 Å². The number of hydrogen-bond donors (Lipinski definition) is 3.